The first kappa shape index (κ1) is 16.6. The quantitative estimate of drug-likeness (QED) is 0.870. The number of ether oxygens (including phenoxy) is 1. The van der Waals surface area contributed by atoms with Crippen LogP contribution in [0.4, 0.5) is 0 Å². The summed E-state index contributed by atoms with van der Waals surface area (Å²) in [5.74, 6) is 0. The normalized spacial score (nSPS) is 12.2. The maximum Gasteiger partial charge on any atom is 0.240 e. The molecular weight excluding hydrogens is 276 g/mol. The summed E-state index contributed by atoms with van der Waals surface area (Å²) in [5, 5.41) is 8.79. The molecule has 0 aliphatic rings. The Hall–Kier alpha value is -1.42. The molecule has 0 heterocycles. The third-order valence-corrected chi connectivity index (χ3v) is 4.38. The summed E-state index contributed by atoms with van der Waals surface area (Å²) in [4.78, 5) is 0.184. The van der Waals surface area contributed by atoms with E-state index < -0.39 is 15.6 Å². The molecule has 0 amide bonds. The Labute approximate surface area is 120 Å². The second-order valence-electron chi connectivity index (χ2n) is 5.11. The zero-order chi connectivity index (χ0) is 15.4. The van der Waals surface area contributed by atoms with Crippen molar-refractivity contribution in [3.63, 3.8) is 0 Å². The van der Waals surface area contributed by atoms with Gasteiger partial charge in [-0.15, -0.1) is 0 Å². The minimum Gasteiger partial charge on any atom is -0.375 e. The molecule has 1 N–H and O–H groups in total. The predicted octanol–water partition coefficient (Wildman–Crippen LogP) is 1.96. The summed E-state index contributed by atoms with van der Waals surface area (Å²) in [7, 11) is -3.61. The van der Waals surface area contributed by atoms with E-state index in [0.717, 1.165) is 0 Å². The second kappa shape index (κ2) is 6.35. The number of benzene rings is 1. The van der Waals surface area contributed by atoms with E-state index in [1.807, 2.05) is 26.8 Å². The van der Waals surface area contributed by atoms with Crippen molar-refractivity contribution in [2.24, 2.45) is 0 Å². The van der Waals surface area contributed by atoms with E-state index in [2.05, 4.69) is 4.72 Å². The average molecular weight is 296 g/mol. The highest BCUT2D eigenvalue weighted by Crippen LogP contribution is 2.17. The number of aryl methyl sites for hydroxylation is 1. The highest BCUT2D eigenvalue weighted by Gasteiger charge is 2.23. The smallest absolute Gasteiger partial charge is 0.240 e. The summed E-state index contributed by atoms with van der Waals surface area (Å²) in [6.45, 7) is 7.88. The van der Waals surface area contributed by atoms with Gasteiger partial charge in [-0.2, -0.15) is 5.26 Å². The molecule has 0 saturated heterocycles. The van der Waals surface area contributed by atoms with Crippen molar-refractivity contribution in [2.75, 3.05) is 13.2 Å². The molecule has 0 aromatic heterocycles. The van der Waals surface area contributed by atoms with Crippen LogP contribution < -0.4 is 4.72 Å². The van der Waals surface area contributed by atoms with Crippen molar-refractivity contribution < 1.29 is 13.2 Å². The number of hydrogen-bond acceptors (Lipinski definition) is 4. The molecule has 0 spiro atoms. The summed E-state index contributed by atoms with van der Waals surface area (Å²) >= 11 is 0. The SMILES string of the molecule is CCOC(C)(C)CNS(=O)(=O)c1ccc(C#N)cc1C. The van der Waals surface area contributed by atoms with Crippen LogP contribution in [-0.4, -0.2) is 27.2 Å². The minimum absolute atomic E-state index is 0.183. The molecule has 0 radical (unpaired) electrons. The molecule has 5 nitrogen and oxygen atoms in total. The number of nitriles is 1. The third kappa shape index (κ3) is 4.30. The first-order valence-corrected chi connectivity index (χ1v) is 7.84. The summed E-state index contributed by atoms with van der Waals surface area (Å²) in [6.07, 6.45) is 0. The molecule has 1 aromatic rings. The zero-order valence-corrected chi connectivity index (χ0v) is 13.0. The Morgan fingerprint density at radius 1 is 1.40 bits per heavy atom. The minimum atomic E-state index is -3.61. The van der Waals surface area contributed by atoms with Crippen molar-refractivity contribution in [1.29, 1.82) is 5.26 Å². The van der Waals surface area contributed by atoms with Crippen molar-refractivity contribution in [1.82, 2.24) is 4.72 Å². The molecule has 20 heavy (non-hydrogen) atoms. The number of nitrogens with zero attached hydrogens (tertiary/aromatic N) is 1. The van der Waals surface area contributed by atoms with Gasteiger partial charge in [-0.1, -0.05) is 0 Å². The van der Waals surface area contributed by atoms with E-state index in [4.69, 9.17) is 10.00 Å². The van der Waals surface area contributed by atoms with Crippen LogP contribution in [0.25, 0.3) is 0 Å². The van der Waals surface area contributed by atoms with Gasteiger partial charge in [0.1, 0.15) is 0 Å². The Morgan fingerprint density at radius 3 is 2.55 bits per heavy atom. The molecule has 0 bridgehead atoms. The lowest BCUT2D eigenvalue weighted by atomic mass is 10.1. The van der Waals surface area contributed by atoms with Crippen LogP contribution in [0, 0.1) is 18.3 Å². The molecule has 1 rings (SSSR count). The van der Waals surface area contributed by atoms with Crippen LogP contribution in [0.3, 0.4) is 0 Å². The van der Waals surface area contributed by atoms with Gasteiger partial charge in [-0.3, -0.25) is 0 Å². The van der Waals surface area contributed by atoms with Crippen LogP contribution in [0.5, 0.6) is 0 Å². The fraction of sp³-hybridized carbons (Fsp3) is 0.500. The van der Waals surface area contributed by atoms with Gasteiger partial charge >= 0.3 is 0 Å². The van der Waals surface area contributed by atoms with Crippen molar-refractivity contribution >= 4 is 10.0 Å². The van der Waals surface area contributed by atoms with Gasteiger partial charge in [0.25, 0.3) is 0 Å². The van der Waals surface area contributed by atoms with Crippen LogP contribution in [-0.2, 0) is 14.8 Å². The lowest BCUT2D eigenvalue weighted by molar-refractivity contribution is -0.00515. The van der Waals surface area contributed by atoms with Gasteiger partial charge in [0.05, 0.1) is 22.1 Å². The van der Waals surface area contributed by atoms with E-state index >= 15 is 0 Å². The molecule has 0 aliphatic heterocycles. The van der Waals surface area contributed by atoms with Gasteiger partial charge in [0.15, 0.2) is 0 Å². The number of nitrogens with one attached hydrogen (secondary N) is 1. The molecular formula is C14H20N2O3S. The standard InChI is InChI=1S/C14H20N2O3S/c1-5-19-14(3,4)10-16-20(17,18)13-7-6-12(9-15)8-11(13)2/h6-8,16H,5,10H2,1-4H3. The molecule has 110 valence electrons. The molecule has 1 aromatic carbocycles. The van der Waals surface area contributed by atoms with E-state index in [0.29, 0.717) is 17.7 Å². The van der Waals surface area contributed by atoms with Gasteiger partial charge in [0.2, 0.25) is 10.0 Å². The Kier molecular flexibility index (Phi) is 5.28. The maximum absolute atomic E-state index is 12.3. The van der Waals surface area contributed by atoms with Crippen molar-refractivity contribution in [3.05, 3.63) is 29.3 Å². The van der Waals surface area contributed by atoms with E-state index in [9.17, 15) is 8.42 Å². The lowest BCUT2D eigenvalue weighted by Gasteiger charge is -2.25. The largest absolute Gasteiger partial charge is 0.375 e. The van der Waals surface area contributed by atoms with Crippen LogP contribution in [0.15, 0.2) is 23.1 Å². The number of sulfonamides is 1. The molecule has 0 aliphatic carbocycles. The van der Waals surface area contributed by atoms with Gasteiger partial charge in [-0.05, 0) is 51.5 Å². The predicted molar refractivity (Wildman–Crippen MR) is 76.8 cm³/mol. The molecule has 0 unspecified atom stereocenters. The summed E-state index contributed by atoms with van der Waals surface area (Å²) in [5.41, 5.74) is 0.421. The number of rotatable bonds is 6. The number of hydrogen-bond donors (Lipinski definition) is 1. The third-order valence-electron chi connectivity index (χ3n) is 2.82. The average Bonchev–Trinajstić information content (AvgIpc) is 2.36. The molecule has 0 atom stereocenters. The molecule has 6 heteroatoms. The van der Waals surface area contributed by atoms with Crippen molar-refractivity contribution in [3.8, 4) is 6.07 Å². The summed E-state index contributed by atoms with van der Waals surface area (Å²) < 4.78 is 32.5. The summed E-state index contributed by atoms with van der Waals surface area (Å²) in [6, 6.07) is 6.49. The van der Waals surface area contributed by atoms with Gasteiger partial charge in [-0.25, -0.2) is 13.1 Å². The first-order chi connectivity index (χ1) is 9.22. The maximum atomic E-state index is 12.3. The van der Waals surface area contributed by atoms with Crippen LogP contribution in [0.2, 0.25) is 0 Å². The van der Waals surface area contributed by atoms with Crippen LogP contribution >= 0.6 is 0 Å². The monoisotopic (exact) mass is 296 g/mol. The van der Waals surface area contributed by atoms with E-state index in [-0.39, 0.29) is 11.4 Å². The Balaban J connectivity index is 2.93. The topological polar surface area (TPSA) is 79.2 Å². The van der Waals surface area contributed by atoms with Gasteiger partial charge < -0.3 is 4.74 Å². The highest BCUT2D eigenvalue weighted by atomic mass is 32.2. The Bertz CT molecular complexity index is 616. The highest BCUT2D eigenvalue weighted by molar-refractivity contribution is 7.89. The lowest BCUT2D eigenvalue weighted by Crippen LogP contribution is -2.40. The molecule has 0 fully saturated rings. The molecule has 0 saturated carbocycles. The van der Waals surface area contributed by atoms with Crippen LogP contribution in [0.1, 0.15) is 31.9 Å². The fourth-order valence-corrected chi connectivity index (χ4v) is 3.23. The second-order valence-corrected chi connectivity index (χ2v) is 6.84. The first-order valence-electron chi connectivity index (χ1n) is 6.36. The fourth-order valence-electron chi connectivity index (χ4n) is 1.81. The Morgan fingerprint density at radius 2 is 2.05 bits per heavy atom. The van der Waals surface area contributed by atoms with Crippen molar-refractivity contribution in [2.45, 2.75) is 38.2 Å². The van der Waals surface area contributed by atoms with E-state index in [1.54, 1.807) is 13.0 Å². The zero-order valence-electron chi connectivity index (χ0n) is 12.2. The van der Waals surface area contributed by atoms with Gasteiger partial charge in [0, 0.05) is 13.2 Å². The van der Waals surface area contributed by atoms with E-state index in [1.165, 1.54) is 12.1 Å².